The van der Waals surface area contributed by atoms with Gasteiger partial charge in [0.1, 0.15) is 5.82 Å². The predicted molar refractivity (Wildman–Crippen MR) is 113 cm³/mol. The van der Waals surface area contributed by atoms with Crippen molar-refractivity contribution in [2.24, 2.45) is 0 Å². The molecule has 0 unspecified atom stereocenters. The third-order valence-corrected chi connectivity index (χ3v) is 5.87. The van der Waals surface area contributed by atoms with Crippen LogP contribution in [0.15, 0.2) is 41.3 Å². The van der Waals surface area contributed by atoms with Crippen molar-refractivity contribution in [1.29, 1.82) is 0 Å². The normalized spacial score (nSPS) is 18.0. The molecule has 0 saturated heterocycles. The number of pyridine rings is 1. The van der Waals surface area contributed by atoms with Gasteiger partial charge in [-0.05, 0) is 56.0 Å². The van der Waals surface area contributed by atoms with E-state index in [1.807, 2.05) is 26.0 Å². The van der Waals surface area contributed by atoms with Gasteiger partial charge in [-0.3, -0.25) is 4.79 Å². The highest BCUT2D eigenvalue weighted by atomic mass is 19.3. The van der Waals surface area contributed by atoms with E-state index in [2.05, 4.69) is 15.6 Å². The third kappa shape index (κ3) is 4.31. The third-order valence-electron chi connectivity index (χ3n) is 5.87. The summed E-state index contributed by atoms with van der Waals surface area (Å²) < 4.78 is 35.3. The number of fused-ring (bicyclic) bond motifs is 1. The van der Waals surface area contributed by atoms with Crippen LogP contribution in [0, 0.1) is 0 Å². The molecule has 3 aromatic rings. The fourth-order valence-corrected chi connectivity index (χ4v) is 4.31. The van der Waals surface area contributed by atoms with Gasteiger partial charge in [-0.1, -0.05) is 6.07 Å². The number of H-pyrrole nitrogens is 1. The van der Waals surface area contributed by atoms with Gasteiger partial charge < -0.3 is 14.3 Å². The Bertz CT molecular complexity index is 1060. The molecule has 1 aliphatic rings. The smallest absolute Gasteiger partial charge is 0.248 e. The molecule has 1 aromatic carbocycles. The Kier molecular flexibility index (Phi) is 5.73. The van der Waals surface area contributed by atoms with E-state index in [-0.39, 0.29) is 30.4 Å². The number of nitrogens with one attached hydrogen (secondary N) is 1. The molecule has 0 amide bonds. The first-order valence-corrected chi connectivity index (χ1v) is 10.5. The molecule has 0 bridgehead atoms. The predicted octanol–water partition coefficient (Wildman–Crippen LogP) is 5.11. The molecule has 2 heterocycles. The lowest BCUT2D eigenvalue weighted by molar-refractivity contribution is -0.0391. The number of ether oxygens (including phenoxy) is 1. The number of benzene rings is 1. The molecule has 0 spiro atoms. The molecule has 7 heteroatoms. The number of rotatable bonds is 6. The van der Waals surface area contributed by atoms with E-state index in [0.29, 0.717) is 26.0 Å². The highest BCUT2D eigenvalue weighted by molar-refractivity contribution is 5.82. The zero-order valence-electron chi connectivity index (χ0n) is 17.3. The van der Waals surface area contributed by atoms with Crippen LogP contribution in [-0.4, -0.2) is 33.2 Å². The molecule has 30 heavy (non-hydrogen) atoms. The largest absolute Gasteiger partial charge is 0.377 e. The van der Waals surface area contributed by atoms with Crippen LogP contribution in [0.2, 0.25) is 0 Å². The summed E-state index contributed by atoms with van der Waals surface area (Å²) >= 11 is 0. The molecule has 0 aliphatic heterocycles. The van der Waals surface area contributed by atoms with Crippen molar-refractivity contribution in [3.05, 3.63) is 52.7 Å². The molecule has 1 N–H and O–H groups in total. The van der Waals surface area contributed by atoms with Crippen LogP contribution in [0.3, 0.4) is 0 Å². The summed E-state index contributed by atoms with van der Waals surface area (Å²) in [5.41, 5.74) is 3.52. The molecule has 1 aliphatic carbocycles. The van der Waals surface area contributed by atoms with E-state index in [9.17, 15) is 13.6 Å². The van der Waals surface area contributed by atoms with Gasteiger partial charge >= 0.3 is 0 Å². The molecule has 1 saturated carbocycles. The van der Waals surface area contributed by atoms with Gasteiger partial charge in [-0.2, -0.15) is 0 Å². The summed E-state index contributed by atoms with van der Waals surface area (Å²) in [6.07, 6.45) is 2.36. The van der Waals surface area contributed by atoms with E-state index in [0.717, 1.165) is 28.0 Å². The van der Waals surface area contributed by atoms with Gasteiger partial charge in [0.25, 0.3) is 0 Å². The molecule has 0 radical (unpaired) electrons. The summed E-state index contributed by atoms with van der Waals surface area (Å²) in [6.45, 7) is 5.20. The van der Waals surface area contributed by atoms with Crippen molar-refractivity contribution < 1.29 is 13.5 Å². The van der Waals surface area contributed by atoms with Crippen LogP contribution < -0.4 is 5.56 Å². The lowest BCUT2D eigenvalue weighted by Gasteiger charge is -2.28. The van der Waals surface area contributed by atoms with Crippen LogP contribution in [-0.2, 0) is 11.3 Å². The number of hydrogen-bond acceptors (Lipinski definition) is 3. The average Bonchev–Trinajstić information content (AvgIpc) is 3.06. The van der Waals surface area contributed by atoms with Crippen molar-refractivity contribution in [1.82, 2.24) is 14.5 Å². The van der Waals surface area contributed by atoms with E-state index >= 15 is 0 Å². The lowest BCUT2D eigenvalue weighted by atomic mass is 9.86. The number of alkyl halides is 2. The minimum atomic E-state index is -2.57. The SMILES string of the molecule is CCO[C@@H](C)Cn1c(C2CCC(F)(F)CC2)nc2ccc(-c3ccc(=O)[nH]c3)cc21. The highest BCUT2D eigenvalue weighted by Gasteiger charge is 2.37. The van der Waals surface area contributed by atoms with Gasteiger partial charge in [0.2, 0.25) is 11.5 Å². The molecular weight excluding hydrogens is 388 g/mol. The first kappa shape index (κ1) is 20.7. The second-order valence-corrected chi connectivity index (χ2v) is 8.12. The second-order valence-electron chi connectivity index (χ2n) is 8.12. The van der Waals surface area contributed by atoms with E-state index < -0.39 is 5.92 Å². The number of aromatic nitrogens is 3. The van der Waals surface area contributed by atoms with Crippen molar-refractivity contribution in [3.63, 3.8) is 0 Å². The van der Waals surface area contributed by atoms with Crippen molar-refractivity contribution in [2.45, 2.75) is 64.0 Å². The molecular formula is C23H27F2N3O2. The van der Waals surface area contributed by atoms with Gasteiger partial charge in [0.15, 0.2) is 0 Å². The van der Waals surface area contributed by atoms with Crippen LogP contribution in [0.1, 0.15) is 51.3 Å². The molecule has 160 valence electrons. The van der Waals surface area contributed by atoms with Crippen LogP contribution >= 0.6 is 0 Å². The fraction of sp³-hybridized carbons (Fsp3) is 0.478. The maximum Gasteiger partial charge on any atom is 0.248 e. The van der Waals surface area contributed by atoms with Gasteiger partial charge in [0.05, 0.1) is 23.7 Å². The first-order valence-electron chi connectivity index (χ1n) is 10.5. The Morgan fingerprint density at radius 1 is 1.23 bits per heavy atom. The second kappa shape index (κ2) is 8.30. The summed E-state index contributed by atoms with van der Waals surface area (Å²) in [5, 5.41) is 0. The number of imidazole rings is 1. The van der Waals surface area contributed by atoms with Gasteiger partial charge in [-0.25, -0.2) is 13.8 Å². The number of halogens is 2. The van der Waals surface area contributed by atoms with Gasteiger partial charge in [0, 0.05) is 37.6 Å². The lowest BCUT2D eigenvalue weighted by Crippen LogP contribution is -2.26. The Labute approximate surface area is 174 Å². The number of aromatic amines is 1. The summed E-state index contributed by atoms with van der Waals surface area (Å²) in [5.74, 6) is -1.68. The monoisotopic (exact) mass is 415 g/mol. The molecule has 2 aromatic heterocycles. The average molecular weight is 415 g/mol. The van der Waals surface area contributed by atoms with Crippen LogP contribution in [0.5, 0.6) is 0 Å². The minimum absolute atomic E-state index is 0.0161. The number of hydrogen-bond donors (Lipinski definition) is 1. The topological polar surface area (TPSA) is 59.9 Å². The van der Waals surface area contributed by atoms with Crippen molar-refractivity contribution in [2.75, 3.05) is 6.61 Å². The van der Waals surface area contributed by atoms with E-state index in [4.69, 9.17) is 9.72 Å². The maximum atomic E-state index is 13.7. The highest BCUT2D eigenvalue weighted by Crippen LogP contribution is 2.41. The van der Waals surface area contributed by atoms with Crippen LogP contribution in [0.4, 0.5) is 8.78 Å². The molecule has 5 nitrogen and oxygen atoms in total. The Hall–Kier alpha value is -2.54. The van der Waals surface area contributed by atoms with Gasteiger partial charge in [-0.15, -0.1) is 0 Å². The summed E-state index contributed by atoms with van der Waals surface area (Å²) in [6, 6.07) is 9.27. The van der Waals surface area contributed by atoms with Crippen molar-refractivity contribution >= 4 is 11.0 Å². The number of nitrogens with zero attached hydrogens (tertiary/aromatic N) is 2. The Morgan fingerprint density at radius 2 is 1.97 bits per heavy atom. The summed E-state index contributed by atoms with van der Waals surface area (Å²) in [4.78, 5) is 18.9. The zero-order chi connectivity index (χ0) is 21.3. The Morgan fingerprint density at radius 3 is 2.63 bits per heavy atom. The minimum Gasteiger partial charge on any atom is -0.377 e. The fourth-order valence-electron chi connectivity index (χ4n) is 4.31. The Balaban J connectivity index is 1.76. The maximum absolute atomic E-state index is 13.7. The van der Waals surface area contributed by atoms with E-state index in [1.54, 1.807) is 12.3 Å². The van der Waals surface area contributed by atoms with Crippen molar-refractivity contribution in [3.8, 4) is 11.1 Å². The molecule has 1 fully saturated rings. The quantitative estimate of drug-likeness (QED) is 0.609. The van der Waals surface area contributed by atoms with Crippen LogP contribution in [0.25, 0.3) is 22.2 Å². The first-order chi connectivity index (χ1) is 14.4. The molecule has 4 rings (SSSR count). The standard InChI is InChI=1S/C23H27F2N3O2/c1-3-30-15(2)14-28-20-12-17(18-5-7-21(29)26-13-18)4-6-19(20)27-22(28)16-8-10-23(24,25)11-9-16/h4-7,12-13,15-16H,3,8-11,14H2,1-2H3,(H,26,29)/t15-/m0/s1. The summed E-state index contributed by atoms with van der Waals surface area (Å²) in [7, 11) is 0. The molecule has 1 atom stereocenters. The zero-order valence-corrected chi connectivity index (χ0v) is 17.3. The van der Waals surface area contributed by atoms with E-state index in [1.165, 1.54) is 6.07 Å².